The van der Waals surface area contributed by atoms with Gasteiger partial charge in [0.05, 0.1) is 12.7 Å². The maximum absolute atomic E-state index is 13.7. The fourth-order valence-corrected chi connectivity index (χ4v) is 1.77. The summed E-state index contributed by atoms with van der Waals surface area (Å²) < 4.78 is 24.0. The SMILES string of the molecule is CCN(Cc1ccc(OC)c(F)c1)C(=O)COC(C)(C)C. The predicted octanol–water partition coefficient (Wildman–Crippen LogP) is 3.00. The molecule has 1 amide bonds. The number of halogens is 1. The van der Waals surface area contributed by atoms with Crippen molar-refractivity contribution in [3.8, 4) is 5.75 Å². The molecule has 1 aromatic rings. The molecule has 0 aromatic heterocycles. The fourth-order valence-electron chi connectivity index (χ4n) is 1.77. The molecule has 0 heterocycles. The molecule has 118 valence electrons. The number of rotatable bonds is 6. The number of benzene rings is 1. The molecule has 0 saturated heterocycles. The molecule has 21 heavy (non-hydrogen) atoms. The van der Waals surface area contributed by atoms with Crippen LogP contribution in [0.1, 0.15) is 33.3 Å². The van der Waals surface area contributed by atoms with E-state index >= 15 is 0 Å². The van der Waals surface area contributed by atoms with Crippen LogP contribution in [0.5, 0.6) is 5.75 Å². The van der Waals surface area contributed by atoms with E-state index in [1.165, 1.54) is 13.2 Å². The standard InChI is InChI=1S/C16H24FNO3/c1-6-18(15(19)11-21-16(2,3)4)10-12-7-8-14(20-5)13(17)9-12/h7-9H,6,10-11H2,1-5H3. The Morgan fingerprint density at radius 1 is 1.33 bits per heavy atom. The monoisotopic (exact) mass is 297 g/mol. The maximum atomic E-state index is 13.7. The first-order valence-electron chi connectivity index (χ1n) is 7.01. The lowest BCUT2D eigenvalue weighted by Crippen LogP contribution is -2.36. The summed E-state index contributed by atoms with van der Waals surface area (Å²) in [4.78, 5) is 13.7. The summed E-state index contributed by atoms with van der Waals surface area (Å²) in [5.41, 5.74) is 0.362. The van der Waals surface area contributed by atoms with Crippen molar-refractivity contribution in [2.75, 3.05) is 20.3 Å². The second kappa shape index (κ2) is 7.41. The van der Waals surface area contributed by atoms with E-state index in [1.807, 2.05) is 27.7 Å². The summed E-state index contributed by atoms with van der Waals surface area (Å²) >= 11 is 0. The van der Waals surface area contributed by atoms with Gasteiger partial charge in [-0.1, -0.05) is 6.07 Å². The van der Waals surface area contributed by atoms with Crippen LogP contribution in [0.2, 0.25) is 0 Å². The Balaban J connectivity index is 2.69. The van der Waals surface area contributed by atoms with Crippen LogP contribution in [0.4, 0.5) is 4.39 Å². The van der Waals surface area contributed by atoms with Gasteiger partial charge >= 0.3 is 0 Å². The highest BCUT2D eigenvalue weighted by Crippen LogP contribution is 2.19. The molecular weight excluding hydrogens is 273 g/mol. The van der Waals surface area contributed by atoms with Crippen molar-refractivity contribution in [1.82, 2.24) is 4.90 Å². The van der Waals surface area contributed by atoms with Gasteiger partial charge in [0, 0.05) is 13.1 Å². The summed E-state index contributed by atoms with van der Waals surface area (Å²) in [7, 11) is 1.42. The molecule has 1 aromatic carbocycles. The molecule has 0 aliphatic rings. The van der Waals surface area contributed by atoms with Crippen LogP contribution in [0.25, 0.3) is 0 Å². The lowest BCUT2D eigenvalue weighted by atomic mass is 10.2. The largest absolute Gasteiger partial charge is 0.494 e. The van der Waals surface area contributed by atoms with E-state index in [0.717, 1.165) is 5.56 Å². The van der Waals surface area contributed by atoms with E-state index in [2.05, 4.69) is 0 Å². The first-order valence-corrected chi connectivity index (χ1v) is 7.01. The quantitative estimate of drug-likeness (QED) is 0.810. The molecule has 0 bridgehead atoms. The molecule has 4 nitrogen and oxygen atoms in total. The van der Waals surface area contributed by atoms with Crippen LogP contribution in [0.15, 0.2) is 18.2 Å². The first-order chi connectivity index (χ1) is 9.76. The van der Waals surface area contributed by atoms with Gasteiger partial charge in [0.15, 0.2) is 11.6 Å². The molecule has 0 N–H and O–H groups in total. The Hall–Kier alpha value is -1.62. The van der Waals surface area contributed by atoms with Crippen LogP contribution in [0.3, 0.4) is 0 Å². The third kappa shape index (κ3) is 5.71. The van der Waals surface area contributed by atoms with Gasteiger partial charge in [-0.25, -0.2) is 4.39 Å². The summed E-state index contributed by atoms with van der Waals surface area (Å²) in [6, 6.07) is 4.70. The number of nitrogens with zero attached hydrogens (tertiary/aromatic N) is 1. The second-order valence-electron chi connectivity index (χ2n) is 5.78. The van der Waals surface area contributed by atoms with Gasteiger partial charge in [-0.3, -0.25) is 4.79 Å². The number of likely N-dealkylation sites (N-methyl/N-ethyl adjacent to an activating group) is 1. The zero-order valence-electron chi connectivity index (χ0n) is 13.4. The number of hydrogen-bond donors (Lipinski definition) is 0. The van der Waals surface area contributed by atoms with Gasteiger partial charge < -0.3 is 14.4 Å². The van der Waals surface area contributed by atoms with Gasteiger partial charge in [0.1, 0.15) is 6.61 Å². The van der Waals surface area contributed by atoms with E-state index in [-0.39, 0.29) is 23.9 Å². The van der Waals surface area contributed by atoms with Crippen molar-refractivity contribution in [2.24, 2.45) is 0 Å². The van der Waals surface area contributed by atoms with Crippen molar-refractivity contribution in [3.05, 3.63) is 29.6 Å². The van der Waals surface area contributed by atoms with E-state index in [9.17, 15) is 9.18 Å². The second-order valence-corrected chi connectivity index (χ2v) is 5.78. The highest BCUT2D eigenvalue weighted by molar-refractivity contribution is 5.77. The van der Waals surface area contributed by atoms with E-state index < -0.39 is 5.82 Å². The molecule has 0 aliphatic carbocycles. The number of hydrogen-bond acceptors (Lipinski definition) is 3. The van der Waals surface area contributed by atoms with Crippen molar-refractivity contribution >= 4 is 5.91 Å². The number of carbonyl (C=O) groups excluding carboxylic acids is 1. The first kappa shape index (κ1) is 17.4. The molecule has 0 spiro atoms. The minimum atomic E-state index is -0.426. The zero-order chi connectivity index (χ0) is 16.0. The van der Waals surface area contributed by atoms with E-state index in [4.69, 9.17) is 9.47 Å². The fraction of sp³-hybridized carbons (Fsp3) is 0.562. The average molecular weight is 297 g/mol. The van der Waals surface area contributed by atoms with Crippen molar-refractivity contribution < 1.29 is 18.7 Å². The smallest absolute Gasteiger partial charge is 0.248 e. The van der Waals surface area contributed by atoms with Crippen LogP contribution in [-0.4, -0.2) is 36.7 Å². The topological polar surface area (TPSA) is 38.8 Å². The number of carbonyl (C=O) groups is 1. The molecule has 0 atom stereocenters. The highest BCUT2D eigenvalue weighted by Gasteiger charge is 2.17. The maximum Gasteiger partial charge on any atom is 0.248 e. The molecule has 0 aliphatic heterocycles. The molecular formula is C16H24FNO3. The van der Waals surface area contributed by atoms with Gasteiger partial charge in [0.2, 0.25) is 5.91 Å². The van der Waals surface area contributed by atoms with Gasteiger partial charge in [-0.15, -0.1) is 0 Å². The summed E-state index contributed by atoms with van der Waals surface area (Å²) in [5.74, 6) is -0.336. The van der Waals surface area contributed by atoms with Gasteiger partial charge in [-0.2, -0.15) is 0 Å². The third-order valence-electron chi connectivity index (χ3n) is 2.95. The van der Waals surface area contributed by atoms with Crippen molar-refractivity contribution in [1.29, 1.82) is 0 Å². The molecule has 5 heteroatoms. The van der Waals surface area contributed by atoms with Crippen molar-refractivity contribution in [3.63, 3.8) is 0 Å². The Bertz CT molecular complexity index is 483. The zero-order valence-corrected chi connectivity index (χ0v) is 13.4. The Morgan fingerprint density at radius 2 is 2.00 bits per heavy atom. The summed E-state index contributed by atoms with van der Waals surface area (Å²) in [6.45, 7) is 8.49. The minimum absolute atomic E-state index is 0.0238. The average Bonchev–Trinajstić information content (AvgIpc) is 2.41. The van der Waals surface area contributed by atoms with Crippen LogP contribution in [0, 0.1) is 5.82 Å². The van der Waals surface area contributed by atoms with Crippen LogP contribution >= 0.6 is 0 Å². The van der Waals surface area contributed by atoms with Gasteiger partial charge in [-0.05, 0) is 45.4 Å². The Morgan fingerprint density at radius 3 is 2.48 bits per heavy atom. The third-order valence-corrected chi connectivity index (χ3v) is 2.95. The summed E-state index contributed by atoms with van der Waals surface area (Å²) in [5, 5.41) is 0. The summed E-state index contributed by atoms with van der Waals surface area (Å²) in [6.07, 6.45) is 0. The van der Waals surface area contributed by atoms with Crippen LogP contribution in [-0.2, 0) is 16.1 Å². The molecule has 0 unspecified atom stereocenters. The lowest BCUT2D eigenvalue weighted by Gasteiger charge is -2.24. The van der Waals surface area contributed by atoms with Crippen molar-refractivity contribution in [2.45, 2.75) is 39.8 Å². The number of ether oxygens (including phenoxy) is 2. The number of amides is 1. The van der Waals surface area contributed by atoms with Gasteiger partial charge in [0.25, 0.3) is 0 Å². The molecule has 0 saturated carbocycles. The Labute approximate surface area is 125 Å². The minimum Gasteiger partial charge on any atom is -0.494 e. The molecule has 1 rings (SSSR count). The molecule has 0 radical (unpaired) electrons. The normalized spacial score (nSPS) is 11.3. The van der Waals surface area contributed by atoms with Crippen LogP contribution < -0.4 is 4.74 Å². The number of methoxy groups -OCH3 is 1. The highest BCUT2D eigenvalue weighted by atomic mass is 19.1. The van der Waals surface area contributed by atoms with E-state index in [0.29, 0.717) is 13.1 Å². The predicted molar refractivity (Wildman–Crippen MR) is 79.7 cm³/mol. The van der Waals surface area contributed by atoms with E-state index in [1.54, 1.807) is 17.0 Å². The Kier molecular flexibility index (Phi) is 6.15. The molecule has 0 fully saturated rings. The lowest BCUT2D eigenvalue weighted by molar-refractivity contribution is -0.141.